The zero-order valence-electron chi connectivity index (χ0n) is 11.4. The fraction of sp³-hybridized carbons (Fsp3) is 0.714. The van der Waals surface area contributed by atoms with Gasteiger partial charge in [0.25, 0.3) is 0 Å². The fourth-order valence-electron chi connectivity index (χ4n) is 2.38. The third-order valence-corrected chi connectivity index (χ3v) is 3.62. The van der Waals surface area contributed by atoms with Crippen molar-refractivity contribution in [2.24, 2.45) is 17.3 Å². The van der Waals surface area contributed by atoms with Crippen LogP contribution in [0.4, 0.5) is 0 Å². The fourth-order valence-corrected chi connectivity index (χ4v) is 2.38. The molecule has 0 aromatic heterocycles. The van der Waals surface area contributed by atoms with Crippen LogP contribution in [-0.2, 0) is 4.79 Å². The van der Waals surface area contributed by atoms with Gasteiger partial charge < -0.3 is 4.90 Å². The van der Waals surface area contributed by atoms with Crippen LogP contribution >= 0.6 is 0 Å². The molecule has 1 rings (SSSR count). The average Bonchev–Trinajstić information content (AvgIpc) is 2.75. The highest BCUT2D eigenvalue weighted by atomic mass is 16.2. The van der Waals surface area contributed by atoms with Crippen molar-refractivity contribution in [3.05, 3.63) is 11.6 Å². The Bertz CT molecular complexity index is 372. The summed E-state index contributed by atoms with van der Waals surface area (Å²) >= 11 is 0. The van der Waals surface area contributed by atoms with Crippen LogP contribution in [0.15, 0.2) is 11.6 Å². The molecular weight excluding hydrogens is 212 g/mol. The Kier molecular flexibility index (Phi) is 3.98. The minimum Gasteiger partial charge on any atom is -0.344 e. The minimum atomic E-state index is 0.0647. The van der Waals surface area contributed by atoms with E-state index in [0.29, 0.717) is 18.9 Å². The molecule has 17 heavy (non-hydrogen) atoms. The summed E-state index contributed by atoms with van der Waals surface area (Å²) in [5, 5.41) is 8.53. The molecule has 0 aromatic carbocycles. The molecule has 94 valence electrons. The Hall–Kier alpha value is -1.30. The molecule has 3 nitrogen and oxygen atoms in total. The average molecular weight is 234 g/mol. The summed E-state index contributed by atoms with van der Waals surface area (Å²) in [6, 6.07) is 2.07. The Morgan fingerprint density at radius 2 is 2.06 bits per heavy atom. The van der Waals surface area contributed by atoms with Gasteiger partial charge in [0, 0.05) is 13.6 Å². The van der Waals surface area contributed by atoms with Crippen molar-refractivity contribution in [3.8, 4) is 6.07 Å². The highest BCUT2D eigenvalue weighted by molar-refractivity contribution is 5.83. The zero-order valence-corrected chi connectivity index (χ0v) is 11.4. The smallest absolute Gasteiger partial charge is 0.226 e. The van der Waals surface area contributed by atoms with Crippen molar-refractivity contribution in [2.45, 2.75) is 34.1 Å². The first kappa shape index (κ1) is 13.8. The third-order valence-electron chi connectivity index (χ3n) is 3.62. The van der Waals surface area contributed by atoms with Crippen LogP contribution < -0.4 is 0 Å². The summed E-state index contributed by atoms with van der Waals surface area (Å²) in [4.78, 5) is 13.9. The molecule has 0 aromatic rings. The van der Waals surface area contributed by atoms with Gasteiger partial charge in [-0.1, -0.05) is 25.5 Å². The van der Waals surface area contributed by atoms with Crippen molar-refractivity contribution >= 4 is 5.91 Å². The van der Waals surface area contributed by atoms with Crippen LogP contribution in [0.2, 0.25) is 0 Å². The lowest BCUT2D eigenvalue weighted by Crippen LogP contribution is -2.30. The van der Waals surface area contributed by atoms with Gasteiger partial charge in [0.05, 0.1) is 18.4 Å². The van der Waals surface area contributed by atoms with E-state index in [2.05, 4.69) is 39.8 Å². The van der Waals surface area contributed by atoms with E-state index in [1.54, 1.807) is 11.9 Å². The Labute approximate surface area is 104 Å². The van der Waals surface area contributed by atoms with Crippen molar-refractivity contribution in [1.29, 1.82) is 5.26 Å². The Balaban J connectivity index is 2.66. The van der Waals surface area contributed by atoms with E-state index in [0.717, 1.165) is 0 Å². The van der Waals surface area contributed by atoms with E-state index in [4.69, 9.17) is 5.26 Å². The highest BCUT2D eigenvalue weighted by Gasteiger charge is 2.60. The summed E-state index contributed by atoms with van der Waals surface area (Å²) in [5.41, 5.74) is 1.33. The third kappa shape index (κ3) is 2.88. The van der Waals surface area contributed by atoms with E-state index in [-0.39, 0.29) is 17.2 Å². The van der Waals surface area contributed by atoms with Crippen LogP contribution in [0.1, 0.15) is 34.1 Å². The van der Waals surface area contributed by atoms with Gasteiger partial charge in [0.2, 0.25) is 5.91 Å². The molecule has 1 aliphatic rings. The number of hydrogen-bond donors (Lipinski definition) is 0. The largest absolute Gasteiger partial charge is 0.344 e. The topological polar surface area (TPSA) is 44.1 Å². The predicted molar refractivity (Wildman–Crippen MR) is 68.1 cm³/mol. The lowest BCUT2D eigenvalue weighted by molar-refractivity contribution is -0.132. The number of amides is 1. The quantitative estimate of drug-likeness (QED) is 0.702. The number of nitriles is 1. The van der Waals surface area contributed by atoms with Gasteiger partial charge in [-0.25, -0.2) is 0 Å². The molecule has 1 aliphatic carbocycles. The van der Waals surface area contributed by atoms with E-state index < -0.39 is 0 Å². The van der Waals surface area contributed by atoms with Gasteiger partial charge in [0.15, 0.2) is 0 Å². The normalized spacial score (nSPS) is 24.7. The standard InChI is InChI=1S/C14H22N2O/c1-10(2)9-11-12(14(11,3)4)13(17)16(5)8-6-7-15/h9,11-12H,6,8H2,1-5H3/t11-,12-/m0/s1. The first-order valence-corrected chi connectivity index (χ1v) is 6.09. The number of carbonyl (C=O) groups is 1. The van der Waals surface area contributed by atoms with E-state index >= 15 is 0 Å². The molecule has 0 aliphatic heterocycles. The second-order valence-electron chi connectivity index (χ2n) is 5.74. The van der Waals surface area contributed by atoms with Crippen molar-refractivity contribution in [2.75, 3.05) is 13.6 Å². The number of nitrogens with zero attached hydrogens (tertiary/aromatic N) is 2. The molecule has 1 saturated carbocycles. The minimum absolute atomic E-state index is 0.0647. The van der Waals surface area contributed by atoms with Crippen LogP contribution in [-0.4, -0.2) is 24.4 Å². The van der Waals surface area contributed by atoms with Gasteiger partial charge in [-0.2, -0.15) is 5.26 Å². The number of carbonyl (C=O) groups excluding carboxylic acids is 1. The van der Waals surface area contributed by atoms with Crippen LogP contribution in [0.5, 0.6) is 0 Å². The molecule has 0 unspecified atom stereocenters. The number of rotatable bonds is 4. The van der Waals surface area contributed by atoms with Crippen LogP contribution in [0, 0.1) is 28.6 Å². The lowest BCUT2D eigenvalue weighted by atomic mass is 10.1. The molecule has 1 fully saturated rings. The van der Waals surface area contributed by atoms with Crippen molar-refractivity contribution in [1.82, 2.24) is 4.90 Å². The Morgan fingerprint density at radius 3 is 2.53 bits per heavy atom. The molecule has 0 spiro atoms. The molecule has 2 atom stereocenters. The zero-order chi connectivity index (χ0) is 13.2. The maximum absolute atomic E-state index is 12.2. The molecule has 0 saturated heterocycles. The molecule has 3 heteroatoms. The van der Waals surface area contributed by atoms with Gasteiger partial charge in [0.1, 0.15) is 0 Å². The van der Waals surface area contributed by atoms with Crippen LogP contribution in [0.3, 0.4) is 0 Å². The van der Waals surface area contributed by atoms with E-state index in [1.807, 2.05) is 0 Å². The van der Waals surface area contributed by atoms with Crippen LogP contribution in [0.25, 0.3) is 0 Å². The number of allylic oxidation sites excluding steroid dienone is 2. The van der Waals surface area contributed by atoms with E-state index in [9.17, 15) is 4.79 Å². The Morgan fingerprint density at radius 1 is 1.47 bits per heavy atom. The predicted octanol–water partition coefficient (Wildman–Crippen LogP) is 2.60. The molecule has 0 bridgehead atoms. The van der Waals surface area contributed by atoms with Gasteiger partial charge in [-0.3, -0.25) is 4.79 Å². The maximum Gasteiger partial charge on any atom is 0.226 e. The first-order valence-electron chi connectivity index (χ1n) is 6.09. The maximum atomic E-state index is 12.2. The highest BCUT2D eigenvalue weighted by Crippen LogP contribution is 2.59. The second kappa shape index (κ2) is 4.91. The van der Waals surface area contributed by atoms with Gasteiger partial charge in [-0.05, 0) is 25.2 Å². The summed E-state index contributed by atoms with van der Waals surface area (Å²) in [6.45, 7) is 8.93. The molecule has 0 N–H and O–H groups in total. The summed E-state index contributed by atoms with van der Waals surface area (Å²) in [7, 11) is 1.79. The van der Waals surface area contributed by atoms with Gasteiger partial charge in [-0.15, -0.1) is 0 Å². The SMILES string of the molecule is CC(C)=C[C@H]1[C@@H](C(=O)N(C)CCC#N)C1(C)C. The molecular formula is C14H22N2O. The first-order chi connectivity index (χ1) is 7.82. The second-order valence-corrected chi connectivity index (χ2v) is 5.74. The van der Waals surface area contributed by atoms with Crippen molar-refractivity contribution in [3.63, 3.8) is 0 Å². The summed E-state index contributed by atoms with van der Waals surface area (Å²) in [5.74, 6) is 0.610. The summed E-state index contributed by atoms with van der Waals surface area (Å²) < 4.78 is 0. The summed E-state index contributed by atoms with van der Waals surface area (Å²) in [6.07, 6.45) is 2.60. The number of hydrogen-bond acceptors (Lipinski definition) is 2. The van der Waals surface area contributed by atoms with Gasteiger partial charge >= 0.3 is 0 Å². The van der Waals surface area contributed by atoms with E-state index in [1.165, 1.54) is 5.57 Å². The monoisotopic (exact) mass is 234 g/mol. The van der Waals surface area contributed by atoms with Crippen molar-refractivity contribution < 1.29 is 4.79 Å². The molecule has 0 heterocycles. The molecule has 0 radical (unpaired) electrons. The molecule has 1 amide bonds. The lowest BCUT2D eigenvalue weighted by Gasteiger charge is -2.16.